The van der Waals surface area contributed by atoms with E-state index in [2.05, 4.69) is 24.0 Å². The second-order valence-corrected chi connectivity index (χ2v) is 7.10. The van der Waals surface area contributed by atoms with Crippen LogP contribution in [0.15, 0.2) is 0 Å². The van der Waals surface area contributed by atoms with Crippen molar-refractivity contribution in [3.8, 4) is 0 Å². The predicted molar refractivity (Wildman–Crippen MR) is 81.1 cm³/mol. The Morgan fingerprint density at radius 2 is 2.00 bits per heavy atom. The molecule has 110 valence electrons. The second kappa shape index (κ2) is 5.77. The minimum atomic E-state index is 0.320. The number of fused-ring (bicyclic) bond motifs is 1. The summed E-state index contributed by atoms with van der Waals surface area (Å²) in [6, 6.07) is 0. The van der Waals surface area contributed by atoms with Gasteiger partial charge in [-0.15, -0.1) is 10.2 Å². The predicted octanol–water partition coefficient (Wildman–Crippen LogP) is 2.93. The lowest BCUT2D eigenvalue weighted by Crippen LogP contribution is -2.18. The van der Waals surface area contributed by atoms with E-state index in [-0.39, 0.29) is 0 Å². The molecule has 2 aromatic rings. The summed E-state index contributed by atoms with van der Waals surface area (Å²) < 4.78 is 1.97. The first-order valence-corrected chi connectivity index (χ1v) is 8.44. The first-order valence-electron chi connectivity index (χ1n) is 7.62. The van der Waals surface area contributed by atoms with Crippen LogP contribution in [-0.4, -0.2) is 26.4 Å². The molecule has 0 saturated heterocycles. The van der Waals surface area contributed by atoms with E-state index < -0.39 is 0 Å². The van der Waals surface area contributed by atoms with E-state index >= 15 is 0 Å². The average molecular weight is 293 g/mol. The largest absolute Gasteiger partial charge is 0.330 e. The highest BCUT2D eigenvalue weighted by Gasteiger charge is 2.25. The van der Waals surface area contributed by atoms with Gasteiger partial charge in [-0.25, -0.2) is 0 Å². The zero-order valence-electron chi connectivity index (χ0n) is 12.2. The number of aromatic nitrogens is 4. The van der Waals surface area contributed by atoms with Crippen LogP contribution in [-0.2, 0) is 0 Å². The number of hydrogen-bond acceptors (Lipinski definition) is 5. The van der Waals surface area contributed by atoms with E-state index in [9.17, 15) is 0 Å². The molecule has 2 heterocycles. The number of hydrogen-bond donors (Lipinski definition) is 1. The molecule has 0 aromatic carbocycles. The van der Waals surface area contributed by atoms with E-state index in [0.29, 0.717) is 24.3 Å². The summed E-state index contributed by atoms with van der Waals surface area (Å²) in [5.74, 6) is 2.41. The van der Waals surface area contributed by atoms with Crippen LogP contribution in [0, 0.1) is 5.92 Å². The van der Waals surface area contributed by atoms with Gasteiger partial charge >= 0.3 is 0 Å². The van der Waals surface area contributed by atoms with Crippen molar-refractivity contribution in [2.24, 2.45) is 11.7 Å². The topological polar surface area (TPSA) is 69.1 Å². The Kier molecular flexibility index (Phi) is 4.03. The average Bonchev–Trinajstić information content (AvgIpc) is 3.00. The molecular formula is C14H23N5S. The molecule has 1 aliphatic carbocycles. The second-order valence-electron chi connectivity index (χ2n) is 6.11. The maximum atomic E-state index is 5.90. The lowest BCUT2D eigenvalue weighted by Gasteiger charge is -2.19. The SMILES string of the molecule is CC(C)C(CN)c1nn2c(C3CCCCC3)nnc2s1. The highest BCUT2D eigenvalue weighted by molar-refractivity contribution is 7.16. The molecule has 0 aliphatic heterocycles. The summed E-state index contributed by atoms with van der Waals surface area (Å²) in [7, 11) is 0. The van der Waals surface area contributed by atoms with Gasteiger partial charge in [-0.3, -0.25) is 0 Å². The minimum Gasteiger partial charge on any atom is -0.330 e. The molecule has 3 rings (SSSR count). The Morgan fingerprint density at radius 3 is 2.65 bits per heavy atom. The molecule has 1 fully saturated rings. The number of nitrogens with zero attached hydrogens (tertiary/aromatic N) is 4. The first kappa shape index (κ1) is 13.9. The van der Waals surface area contributed by atoms with Crippen molar-refractivity contribution in [3.05, 3.63) is 10.8 Å². The maximum absolute atomic E-state index is 5.90. The summed E-state index contributed by atoms with van der Waals surface area (Å²) in [6.45, 7) is 5.03. The van der Waals surface area contributed by atoms with Crippen molar-refractivity contribution in [1.29, 1.82) is 0 Å². The molecule has 0 spiro atoms. The zero-order chi connectivity index (χ0) is 14.1. The van der Waals surface area contributed by atoms with Crippen LogP contribution in [0.3, 0.4) is 0 Å². The maximum Gasteiger partial charge on any atom is 0.234 e. The monoisotopic (exact) mass is 293 g/mol. The van der Waals surface area contributed by atoms with Crippen LogP contribution in [0.4, 0.5) is 0 Å². The van der Waals surface area contributed by atoms with Gasteiger partial charge in [0.2, 0.25) is 4.96 Å². The van der Waals surface area contributed by atoms with Crippen molar-refractivity contribution in [2.75, 3.05) is 6.54 Å². The molecule has 20 heavy (non-hydrogen) atoms. The quantitative estimate of drug-likeness (QED) is 0.941. The zero-order valence-corrected chi connectivity index (χ0v) is 13.1. The summed E-state index contributed by atoms with van der Waals surface area (Å²) >= 11 is 1.64. The lowest BCUT2D eigenvalue weighted by molar-refractivity contribution is 0.421. The van der Waals surface area contributed by atoms with Crippen molar-refractivity contribution >= 4 is 16.3 Å². The van der Waals surface area contributed by atoms with Gasteiger partial charge in [0.05, 0.1) is 0 Å². The summed E-state index contributed by atoms with van der Waals surface area (Å²) in [5.41, 5.74) is 5.90. The Morgan fingerprint density at radius 1 is 1.25 bits per heavy atom. The molecule has 2 N–H and O–H groups in total. The van der Waals surface area contributed by atoms with Crippen LogP contribution in [0.2, 0.25) is 0 Å². The van der Waals surface area contributed by atoms with Crippen LogP contribution >= 0.6 is 11.3 Å². The third kappa shape index (κ3) is 2.46. The number of rotatable bonds is 4. The van der Waals surface area contributed by atoms with Crippen LogP contribution in [0.1, 0.15) is 68.6 Å². The highest BCUT2D eigenvalue weighted by Crippen LogP contribution is 2.33. The standard InChI is InChI=1S/C14H23N5S/c1-9(2)11(8-15)13-18-19-12(16-17-14(19)20-13)10-6-4-3-5-7-10/h9-11H,3-8,15H2,1-2H3. The molecule has 1 unspecified atom stereocenters. The Balaban J connectivity index is 1.93. The fourth-order valence-electron chi connectivity index (χ4n) is 3.07. The van der Waals surface area contributed by atoms with Gasteiger partial charge in [0, 0.05) is 18.4 Å². The van der Waals surface area contributed by atoms with Crippen LogP contribution in [0.25, 0.3) is 4.96 Å². The van der Waals surface area contributed by atoms with E-state index in [1.54, 1.807) is 11.3 Å². The third-order valence-electron chi connectivity index (χ3n) is 4.38. The molecule has 0 amide bonds. The summed E-state index contributed by atoms with van der Waals surface area (Å²) in [5, 5.41) is 14.6. The number of nitrogens with two attached hydrogens (primary N) is 1. The molecule has 1 atom stereocenters. The molecule has 2 aromatic heterocycles. The molecule has 6 heteroatoms. The normalized spacial score (nSPS) is 19.0. The molecule has 0 radical (unpaired) electrons. The van der Waals surface area contributed by atoms with Gasteiger partial charge in [-0.05, 0) is 18.8 Å². The molecule has 0 bridgehead atoms. The Bertz CT molecular complexity index is 567. The van der Waals surface area contributed by atoms with Crippen LogP contribution < -0.4 is 5.73 Å². The van der Waals surface area contributed by atoms with Gasteiger partial charge < -0.3 is 5.73 Å². The van der Waals surface area contributed by atoms with E-state index in [0.717, 1.165) is 15.8 Å². The van der Waals surface area contributed by atoms with E-state index in [1.165, 1.54) is 32.1 Å². The molecular weight excluding hydrogens is 270 g/mol. The van der Waals surface area contributed by atoms with Gasteiger partial charge in [0.25, 0.3) is 0 Å². The van der Waals surface area contributed by atoms with Gasteiger partial charge in [0.15, 0.2) is 5.82 Å². The lowest BCUT2D eigenvalue weighted by atomic mass is 9.89. The van der Waals surface area contributed by atoms with Crippen molar-refractivity contribution < 1.29 is 0 Å². The summed E-state index contributed by atoms with van der Waals surface area (Å²) in [4.78, 5) is 0.916. The summed E-state index contributed by atoms with van der Waals surface area (Å²) in [6.07, 6.45) is 6.39. The fourth-order valence-corrected chi connectivity index (χ4v) is 4.20. The highest BCUT2D eigenvalue weighted by atomic mass is 32.1. The van der Waals surface area contributed by atoms with Gasteiger partial charge in [-0.1, -0.05) is 44.4 Å². The van der Waals surface area contributed by atoms with Gasteiger partial charge in [-0.2, -0.15) is 9.61 Å². The molecule has 5 nitrogen and oxygen atoms in total. The molecule has 1 aliphatic rings. The fraction of sp³-hybridized carbons (Fsp3) is 0.786. The van der Waals surface area contributed by atoms with E-state index in [1.807, 2.05) is 4.52 Å². The van der Waals surface area contributed by atoms with Crippen molar-refractivity contribution in [2.45, 2.75) is 57.8 Å². The Hall–Kier alpha value is -1.01. The van der Waals surface area contributed by atoms with E-state index in [4.69, 9.17) is 10.8 Å². The van der Waals surface area contributed by atoms with Crippen molar-refractivity contribution in [3.63, 3.8) is 0 Å². The van der Waals surface area contributed by atoms with Gasteiger partial charge in [0.1, 0.15) is 5.01 Å². The van der Waals surface area contributed by atoms with Crippen molar-refractivity contribution in [1.82, 2.24) is 19.8 Å². The first-order chi connectivity index (χ1) is 9.70. The Labute approximate surface area is 123 Å². The smallest absolute Gasteiger partial charge is 0.234 e. The minimum absolute atomic E-state index is 0.320. The van der Waals surface area contributed by atoms with Crippen LogP contribution in [0.5, 0.6) is 0 Å². The third-order valence-corrected chi connectivity index (χ3v) is 5.41. The molecule has 1 saturated carbocycles.